The molecule has 0 saturated heterocycles. The number of carbonyl (C=O) groups excluding carboxylic acids is 2. The van der Waals surface area contributed by atoms with Crippen LogP contribution in [0.1, 0.15) is 52.0 Å². The first kappa shape index (κ1) is 20.4. The Morgan fingerprint density at radius 2 is 2.00 bits per heavy atom. The number of aliphatic imine (C=N–C) groups is 1. The highest BCUT2D eigenvalue weighted by Gasteiger charge is 2.48. The Labute approximate surface area is 166 Å². The van der Waals surface area contributed by atoms with E-state index in [4.69, 9.17) is 14.5 Å². The summed E-state index contributed by atoms with van der Waals surface area (Å²) in [4.78, 5) is 35.1. The Hall–Kier alpha value is -2.34. The molecule has 0 spiro atoms. The van der Waals surface area contributed by atoms with Gasteiger partial charge in [-0.1, -0.05) is 19.9 Å². The third-order valence-electron chi connectivity index (χ3n) is 5.23. The van der Waals surface area contributed by atoms with E-state index < -0.39 is 17.8 Å². The van der Waals surface area contributed by atoms with E-state index in [0.717, 1.165) is 11.3 Å². The standard InChI is InChI=1S/C22H28N2O4/c1-5-27-13-16-20(21(26)28-6-2)18(14-8-7-9-23-12-14)19-15(24-16)10-22(3,4)11-17(19)25/h7-9,12,18-19H,5-6,10-11,13H2,1-4H3. The van der Waals surface area contributed by atoms with Crippen LogP contribution in [0.4, 0.5) is 0 Å². The van der Waals surface area contributed by atoms with Crippen molar-refractivity contribution in [3.05, 3.63) is 41.4 Å². The molecular weight excluding hydrogens is 356 g/mol. The van der Waals surface area contributed by atoms with Crippen molar-refractivity contribution in [2.24, 2.45) is 16.3 Å². The van der Waals surface area contributed by atoms with Crippen molar-refractivity contribution in [1.29, 1.82) is 0 Å². The van der Waals surface area contributed by atoms with Crippen LogP contribution in [-0.2, 0) is 19.1 Å². The monoisotopic (exact) mass is 384 g/mol. The van der Waals surface area contributed by atoms with Crippen molar-refractivity contribution in [3.63, 3.8) is 0 Å². The van der Waals surface area contributed by atoms with Crippen molar-refractivity contribution >= 4 is 17.5 Å². The molecule has 6 heteroatoms. The minimum absolute atomic E-state index is 0.112. The van der Waals surface area contributed by atoms with Crippen LogP contribution in [0, 0.1) is 11.3 Å². The molecule has 2 atom stereocenters. The van der Waals surface area contributed by atoms with Crippen molar-refractivity contribution in [2.45, 2.75) is 46.5 Å². The van der Waals surface area contributed by atoms with Gasteiger partial charge in [-0.15, -0.1) is 0 Å². The summed E-state index contributed by atoms with van der Waals surface area (Å²) in [5.41, 5.74) is 2.49. The predicted molar refractivity (Wildman–Crippen MR) is 106 cm³/mol. The Bertz CT molecular complexity index is 811. The minimum atomic E-state index is -0.456. The van der Waals surface area contributed by atoms with Gasteiger partial charge >= 0.3 is 5.97 Å². The van der Waals surface area contributed by atoms with Gasteiger partial charge in [-0.3, -0.25) is 14.8 Å². The first-order chi connectivity index (χ1) is 13.4. The fourth-order valence-electron chi connectivity index (χ4n) is 4.18. The number of ether oxygens (including phenoxy) is 2. The number of carbonyl (C=O) groups is 2. The Morgan fingerprint density at radius 3 is 2.64 bits per heavy atom. The highest BCUT2D eigenvalue weighted by molar-refractivity contribution is 6.12. The first-order valence-corrected chi connectivity index (χ1v) is 9.86. The van der Waals surface area contributed by atoms with Crippen molar-refractivity contribution in [2.75, 3.05) is 19.8 Å². The van der Waals surface area contributed by atoms with Crippen LogP contribution in [0.2, 0.25) is 0 Å². The molecule has 1 saturated carbocycles. The van der Waals surface area contributed by atoms with Crippen LogP contribution in [0.15, 0.2) is 40.8 Å². The minimum Gasteiger partial charge on any atom is -0.463 e. The van der Waals surface area contributed by atoms with Gasteiger partial charge in [0.25, 0.3) is 0 Å². The van der Waals surface area contributed by atoms with Crippen LogP contribution in [-0.4, -0.2) is 42.3 Å². The molecule has 1 aliphatic heterocycles. The summed E-state index contributed by atoms with van der Waals surface area (Å²) in [6.45, 7) is 8.81. The Balaban J connectivity index is 2.18. The number of rotatable bonds is 6. The zero-order chi connectivity index (χ0) is 20.3. The number of nitrogens with zero attached hydrogens (tertiary/aromatic N) is 2. The number of pyridine rings is 1. The average Bonchev–Trinajstić information content (AvgIpc) is 2.65. The fourth-order valence-corrected chi connectivity index (χ4v) is 4.18. The van der Waals surface area contributed by atoms with Gasteiger partial charge in [0.2, 0.25) is 0 Å². The molecule has 0 N–H and O–H groups in total. The molecule has 1 aliphatic carbocycles. The normalized spacial score (nSPS) is 23.9. The molecule has 1 aromatic heterocycles. The molecule has 3 rings (SSSR count). The van der Waals surface area contributed by atoms with Gasteiger partial charge in [0, 0.05) is 37.1 Å². The van der Waals surface area contributed by atoms with Gasteiger partial charge in [-0.2, -0.15) is 0 Å². The van der Waals surface area contributed by atoms with E-state index in [-0.39, 0.29) is 24.4 Å². The Kier molecular flexibility index (Phi) is 6.08. The van der Waals surface area contributed by atoms with E-state index in [1.807, 2.05) is 19.1 Å². The van der Waals surface area contributed by atoms with Crippen LogP contribution < -0.4 is 0 Å². The topological polar surface area (TPSA) is 77.9 Å². The molecule has 2 heterocycles. The van der Waals surface area contributed by atoms with Crippen molar-refractivity contribution in [1.82, 2.24) is 4.98 Å². The smallest absolute Gasteiger partial charge is 0.336 e. The molecule has 0 aromatic carbocycles. The van der Waals surface area contributed by atoms with Gasteiger partial charge < -0.3 is 9.47 Å². The zero-order valence-electron chi connectivity index (χ0n) is 17.0. The number of hydrogen-bond donors (Lipinski definition) is 0. The summed E-state index contributed by atoms with van der Waals surface area (Å²) < 4.78 is 10.9. The molecule has 6 nitrogen and oxygen atoms in total. The maximum absolute atomic E-state index is 13.2. The van der Waals surface area contributed by atoms with Crippen LogP contribution in [0.3, 0.4) is 0 Å². The first-order valence-electron chi connectivity index (χ1n) is 9.86. The van der Waals surface area contributed by atoms with Gasteiger partial charge in [-0.25, -0.2) is 4.79 Å². The van der Waals surface area contributed by atoms with Crippen LogP contribution in [0.25, 0.3) is 0 Å². The van der Waals surface area contributed by atoms with Crippen molar-refractivity contribution in [3.8, 4) is 0 Å². The summed E-state index contributed by atoms with van der Waals surface area (Å²) in [6, 6.07) is 3.73. The molecular formula is C22H28N2O4. The number of aromatic nitrogens is 1. The highest BCUT2D eigenvalue weighted by Crippen LogP contribution is 2.46. The van der Waals surface area contributed by atoms with Crippen LogP contribution >= 0.6 is 0 Å². The Morgan fingerprint density at radius 1 is 1.21 bits per heavy atom. The third-order valence-corrected chi connectivity index (χ3v) is 5.23. The molecule has 2 unspecified atom stereocenters. The second-order valence-electron chi connectivity index (χ2n) is 8.05. The second-order valence-corrected chi connectivity index (χ2v) is 8.05. The van der Waals surface area contributed by atoms with Gasteiger partial charge in [0.15, 0.2) is 0 Å². The summed E-state index contributed by atoms with van der Waals surface area (Å²) in [6.07, 6.45) is 4.58. The van der Waals surface area contributed by atoms with Crippen molar-refractivity contribution < 1.29 is 19.1 Å². The molecule has 150 valence electrons. The summed E-state index contributed by atoms with van der Waals surface area (Å²) in [5.74, 6) is -1.23. The number of esters is 1. The van der Waals surface area contributed by atoms with E-state index >= 15 is 0 Å². The van der Waals surface area contributed by atoms with E-state index in [9.17, 15) is 9.59 Å². The number of hydrogen-bond acceptors (Lipinski definition) is 6. The third kappa shape index (κ3) is 4.07. The number of ketones is 1. The number of fused-ring (bicyclic) bond motifs is 1. The van der Waals surface area contributed by atoms with E-state index in [1.54, 1.807) is 19.3 Å². The molecule has 0 radical (unpaired) electrons. The summed E-state index contributed by atoms with van der Waals surface area (Å²) in [5, 5.41) is 0. The number of Topliss-reactive ketones (excluding diaryl/α,β-unsaturated/α-hetero) is 1. The largest absolute Gasteiger partial charge is 0.463 e. The molecule has 0 bridgehead atoms. The van der Waals surface area contributed by atoms with E-state index in [1.165, 1.54) is 0 Å². The molecule has 0 amide bonds. The summed E-state index contributed by atoms with van der Waals surface area (Å²) >= 11 is 0. The molecule has 2 aliphatic rings. The van der Waals surface area contributed by atoms with Gasteiger partial charge in [0.1, 0.15) is 5.78 Å². The lowest BCUT2D eigenvalue weighted by atomic mass is 9.63. The van der Waals surface area contributed by atoms with E-state index in [0.29, 0.717) is 30.7 Å². The maximum atomic E-state index is 13.2. The van der Waals surface area contributed by atoms with Gasteiger partial charge in [-0.05, 0) is 37.3 Å². The summed E-state index contributed by atoms with van der Waals surface area (Å²) in [7, 11) is 0. The molecule has 1 aromatic rings. The predicted octanol–water partition coefficient (Wildman–Crippen LogP) is 3.48. The highest BCUT2D eigenvalue weighted by atomic mass is 16.5. The molecule has 28 heavy (non-hydrogen) atoms. The lowest BCUT2D eigenvalue weighted by Crippen LogP contribution is -2.44. The molecule has 1 fully saturated rings. The maximum Gasteiger partial charge on any atom is 0.336 e. The second kappa shape index (κ2) is 8.35. The average molecular weight is 384 g/mol. The lowest BCUT2D eigenvalue weighted by Gasteiger charge is -2.41. The fraction of sp³-hybridized carbons (Fsp3) is 0.545. The van der Waals surface area contributed by atoms with Crippen LogP contribution in [0.5, 0.6) is 0 Å². The van der Waals surface area contributed by atoms with E-state index in [2.05, 4.69) is 18.8 Å². The van der Waals surface area contributed by atoms with Gasteiger partial charge in [0.05, 0.1) is 30.4 Å². The zero-order valence-corrected chi connectivity index (χ0v) is 17.0. The lowest BCUT2D eigenvalue weighted by molar-refractivity contribution is -0.139. The quantitative estimate of drug-likeness (QED) is 0.702. The SMILES string of the molecule is CCOCC1=C(C(=O)OCC)C(c2cccnc2)C2C(=O)CC(C)(C)CC2=N1.